The zero-order valence-corrected chi connectivity index (χ0v) is 19.5. The Morgan fingerprint density at radius 1 is 0.968 bits per heavy atom. The smallest absolute Gasteiger partial charge is 0.333 e. The molecule has 0 bridgehead atoms. The van der Waals surface area contributed by atoms with Crippen LogP contribution in [-0.4, -0.2) is 24.3 Å². The van der Waals surface area contributed by atoms with Crippen molar-refractivity contribution in [1.29, 1.82) is 0 Å². The molecule has 168 valence electrons. The van der Waals surface area contributed by atoms with Gasteiger partial charge in [0, 0.05) is 11.5 Å². The molecular formula is C28H38O3. The monoisotopic (exact) mass is 422 g/mol. The van der Waals surface area contributed by atoms with Crippen molar-refractivity contribution in [2.45, 2.75) is 71.6 Å². The first-order valence-corrected chi connectivity index (χ1v) is 11.6. The summed E-state index contributed by atoms with van der Waals surface area (Å²) in [6, 6.07) is 15.3. The number of rotatable bonds is 13. The average Bonchev–Trinajstić information content (AvgIpc) is 2.79. The number of ether oxygens (including phenoxy) is 1. The molecule has 0 aliphatic rings. The van der Waals surface area contributed by atoms with Crippen LogP contribution < -0.4 is 0 Å². The fraction of sp³-hybridized carbons (Fsp3) is 0.464. The maximum atomic E-state index is 11.6. The van der Waals surface area contributed by atoms with Crippen LogP contribution in [0.2, 0.25) is 0 Å². The number of esters is 1. The van der Waals surface area contributed by atoms with Crippen molar-refractivity contribution in [2.75, 3.05) is 13.2 Å². The Bertz CT molecular complexity index is 836. The predicted molar refractivity (Wildman–Crippen MR) is 128 cm³/mol. The van der Waals surface area contributed by atoms with E-state index >= 15 is 0 Å². The Labute approximate surface area is 188 Å². The quantitative estimate of drug-likeness (QED) is 0.246. The standard InChI is InChI=1S/C28H38O3/c1-5-7-8-9-25-17-14-23(18-24(25)6-2)11-10-22-12-15-26(16-13-22)27(19-29)20-31-28(30)21(3)4/h12-18,27,29H,3,5-11,19-20H2,1-2,4H3. The number of carbonyl (C=O) groups excluding carboxylic acids is 1. The third-order valence-corrected chi connectivity index (χ3v) is 5.84. The van der Waals surface area contributed by atoms with Gasteiger partial charge in [-0.1, -0.05) is 75.7 Å². The van der Waals surface area contributed by atoms with E-state index in [9.17, 15) is 9.90 Å². The second-order valence-electron chi connectivity index (χ2n) is 8.41. The van der Waals surface area contributed by atoms with Crippen molar-refractivity contribution in [3.05, 3.63) is 82.4 Å². The molecule has 0 aliphatic carbocycles. The number of aryl methyl sites for hydroxylation is 4. The van der Waals surface area contributed by atoms with Gasteiger partial charge >= 0.3 is 5.97 Å². The van der Waals surface area contributed by atoms with Crippen LogP contribution in [0.25, 0.3) is 0 Å². The Kier molecular flexibility index (Phi) is 10.5. The minimum absolute atomic E-state index is 0.0623. The van der Waals surface area contributed by atoms with Crippen LogP contribution in [0, 0.1) is 0 Å². The predicted octanol–water partition coefficient (Wildman–Crippen LogP) is 5.96. The maximum absolute atomic E-state index is 11.6. The van der Waals surface area contributed by atoms with Gasteiger partial charge in [-0.25, -0.2) is 4.79 Å². The van der Waals surface area contributed by atoms with E-state index in [0.29, 0.717) is 5.57 Å². The Balaban J connectivity index is 1.94. The maximum Gasteiger partial charge on any atom is 0.333 e. The van der Waals surface area contributed by atoms with Gasteiger partial charge in [0.05, 0.1) is 6.61 Å². The zero-order valence-electron chi connectivity index (χ0n) is 19.5. The molecule has 2 aromatic carbocycles. The van der Waals surface area contributed by atoms with Crippen molar-refractivity contribution in [2.24, 2.45) is 0 Å². The molecule has 0 aliphatic heterocycles. The number of benzene rings is 2. The Hall–Kier alpha value is -2.39. The zero-order chi connectivity index (χ0) is 22.6. The second kappa shape index (κ2) is 13.1. The number of hydrogen-bond donors (Lipinski definition) is 1. The topological polar surface area (TPSA) is 46.5 Å². The lowest BCUT2D eigenvalue weighted by Gasteiger charge is -2.15. The number of carbonyl (C=O) groups is 1. The lowest BCUT2D eigenvalue weighted by atomic mass is 9.94. The van der Waals surface area contributed by atoms with Gasteiger partial charge in [0.1, 0.15) is 6.61 Å². The fourth-order valence-corrected chi connectivity index (χ4v) is 3.77. The van der Waals surface area contributed by atoms with Crippen molar-refractivity contribution in [1.82, 2.24) is 0 Å². The molecule has 0 radical (unpaired) electrons. The van der Waals surface area contributed by atoms with E-state index in [4.69, 9.17) is 4.74 Å². The minimum atomic E-state index is -0.419. The molecule has 0 heterocycles. The van der Waals surface area contributed by atoms with Crippen molar-refractivity contribution < 1.29 is 14.6 Å². The third-order valence-electron chi connectivity index (χ3n) is 5.84. The first-order chi connectivity index (χ1) is 15.0. The summed E-state index contributed by atoms with van der Waals surface area (Å²) in [5, 5.41) is 9.68. The summed E-state index contributed by atoms with van der Waals surface area (Å²) in [4.78, 5) is 11.6. The first kappa shape index (κ1) is 24.9. The molecule has 3 heteroatoms. The summed E-state index contributed by atoms with van der Waals surface area (Å²) >= 11 is 0. The molecule has 31 heavy (non-hydrogen) atoms. The van der Waals surface area contributed by atoms with Gasteiger partial charge in [0.2, 0.25) is 0 Å². The molecule has 3 nitrogen and oxygen atoms in total. The molecule has 2 rings (SSSR count). The van der Waals surface area contributed by atoms with E-state index in [1.807, 2.05) is 12.1 Å². The summed E-state index contributed by atoms with van der Waals surface area (Å²) in [7, 11) is 0. The molecule has 1 N–H and O–H groups in total. The Morgan fingerprint density at radius 3 is 2.26 bits per heavy atom. The summed E-state index contributed by atoms with van der Waals surface area (Å²) in [5.41, 5.74) is 6.99. The Morgan fingerprint density at radius 2 is 1.65 bits per heavy atom. The van der Waals surface area contributed by atoms with E-state index < -0.39 is 5.97 Å². The van der Waals surface area contributed by atoms with Crippen LogP contribution in [-0.2, 0) is 35.2 Å². The van der Waals surface area contributed by atoms with E-state index in [2.05, 4.69) is 50.8 Å². The summed E-state index contributed by atoms with van der Waals surface area (Å²) in [5.74, 6) is -0.636. The van der Waals surface area contributed by atoms with Crippen molar-refractivity contribution in [3.63, 3.8) is 0 Å². The van der Waals surface area contributed by atoms with Gasteiger partial charge in [-0.05, 0) is 66.8 Å². The van der Waals surface area contributed by atoms with Crippen LogP contribution >= 0.6 is 0 Å². The number of aliphatic hydroxyl groups excluding tert-OH is 1. The normalized spacial score (nSPS) is 11.9. The number of aliphatic hydroxyl groups is 1. The van der Waals surface area contributed by atoms with Gasteiger partial charge in [0.15, 0.2) is 0 Å². The van der Waals surface area contributed by atoms with Gasteiger partial charge < -0.3 is 9.84 Å². The van der Waals surface area contributed by atoms with Crippen LogP contribution in [0.1, 0.15) is 73.8 Å². The summed E-state index contributed by atoms with van der Waals surface area (Å²) < 4.78 is 5.21. The van der Waals surface area contributed by atoms with Crippen LogP contribution in [0.3, 0.4) is 0 Å². The number of unbranched alkanes of at least 4 members (excludes halogenated alkanes) is 2. The number of hydrogen-bond acceptors (Lipinski definition) is 3. The molecule has 1 atom stereocenters. The van der Waals surface area contributed by atoms with Crippen LogP contribution in [0.4, 0.5) is 0 Å². The highest BCUT2D eigenvalue weighted by molar-refractivity contribution is 5.86. The van der Waals surface area contributed by atoms with Gasteiger partial charge in [-0.15, -0.1) is 0 Å². The lowest BCUT2D eigenvalue weighted by molar-refractivity contribution is -0.139. The van der Waals surface area contributed by atoms with E-state index in [-0.39, 0.29) is 19.1 Å². The highest BCUT2D eigenvalue weighted by Crippen LogP contribution is 2.20. The lowest BCUT2D eigenvalue weighted by Crippen LogP contribution is -2.16. The largest absolute Gasteiger partial charge is 0.462 e. The second-order valence-corrected chi connectivity index (χ2v) is 8.41. The SMILES string of the molecule is C=C(C)C(=O)OCC(CO)c1ccc(CCc2ccc(CCCCC)c(CC)c2)cc1. The fourth-order valence-electron chi connectivity index (χ4n) is 3.77. The molecule has 1 unspecified atom stereocenters. The molecule has 0 fully saturated rings. The molecular weight excluding hydrogens is 384 g/mol. The summed E-state index contributed by atoms with van der Waals surface area (Å²) in [6.07, 6.45) is 8.10. The molecule has 0 saturated heterocycles. The van der Waals surface area contributed by atoms with Crippen LogP contribution in [0.5, 0.6) is 0 Å². The average molecular weight is 423 g/mol. The highest BCUT2D eigenvalue weighted by Gasteiger charge is 2.14. The molecule has 0 spiro atoms. The molecule has 2 aromatic rings. The third kappa shape index (κ3) is 7.99. The van der Waals surface area contributed by atoms with E-state index in [0.717, 1.165) is 24.8 Å². The highest BCUT2D eigenvalue weighted by atomic mass is 16.5. The summed E-state index contributed by atoms with van der Waals surface area (Å²) in [6.45, 7) is 9.79. The first-order valence-electron chi connectivity index (χ1n) is 11.6. The van der Waals surface area contributed by atoms with Crippen molar-refractivity contribution >= 4 is 5.97 Å². The van der Waals surface area contributed by atoms with Gasteiger partial charge in [0.25, 0.3) is 0 Å². The van der Waals surface area contributed by atoms with Gasteiger partial charge in [-0.2, -0.15) is 0 Å². The molecule has 0 saturated carbocycles. The molecule has 0 aromatic heterocycles. The van der Waals surface area contributed by atoms with Crippen LogP contribution in [0.15, 0.2) is 54.6 Å². The van der Waals surface area contributed by atoms with Gasteiger partial charge in [-0.3, -0.25) is 0 Å². The minimum Gasteiger partial charge on any atom is -0.462 e. The van der Waals surface area contributed by atoms with Crippen molar-refractivity contribution in [3.8, 4) is 0 Å². The molecule has 0 amide bonds. The van der Waals surface area contributed by atoms with E-state index in [1.54, 1.807) is 6.92 Å². The van der Waals surface area contributed by atoms with E-state index in [1.165, 1.54) is 47.9 Å².